The van der Waals surface area contributed by atoms with Crippen LogP contribution in [0.15, 0.2) is 35.5 Å². The van der Waals surface area contributed by atoms with Crippen molar-refractivity contribution in [2.75, 3.05) is 53.4 Å². The lowest BCUT2D eigenvalue weighted by molar-refractivity contribution is -0.139. The zero-order valence-corrected chi connectivity index (χ0v) is 17.2. The summed E-state index contributed by atoms with van der Waals surface area (Å²) in [6.07, 6.45) is 0. The van der Waals surface area contributed by atoms with Crippen molar-refractivity contribution in [1.82, 2.24) is 20.0 Å². The molecule has 1 N–H and O–H groups in total. The Morgan fingerprint density at radius 2 is 1.86 bits per heavy atom. The van der Waals surface area contributed by atoms with E-state index in [0.29, 0.717) is 18.7 Å². The molecule has 0 radical (unpaired) electrons. The molecular weight excluding hydrogens is 356 g/mol. The number of likely N-dealkylation sites (N-methyl/N-ethyl adjacent to an activating group) is 2. The number of ether oxygens (including phenoxy) is 1. The van der Waals surface area contributed by atoms with E-state index in [2.05, 4.69) is 22.2 Å². The van der Waals surface area contributed by atoms with E-state index < -0.39 is 6.04 Å². The smallest absolute Gasteiger partial charge is 0.338 e. The number of nitrogens with one attached hydrogen (secondary N) is 1. The lowest BCUT2D eigenvalue weighted by atomic mass is 9.91. The van der Waals surface area contributed by atoms with E-state index in [0.717, 1.165) is 43.0 Å². The van der Waals surface area contributed by atoms with Gasteiger partial charge in [0.2, 0.25) is 0 Å². The molecule has 0 spiro atoms. The average molecular weight is 386 g/mol. The van der Waals surface area contributed by atoms with Gasteiger partial charge in [0, 0.05) is 45.5 Å². The van der Waals surface area contributed by atoms with Crippen molar-refractivity contribution in [3.05, 3.63) is 46.7 Å². The van der Waals surface area contributed by atoms with Crippen molar-refractivity contribution in [1.29, 1.82) is 0 Å². The SMILES string of the molecule is CCOC(=O)C1=C(CN2CCN(C)CC2)N(C)C(=O)N[C@@H]1c1ccccc1C. The number of amides is 2. The van der Waals surface area contributed by atoms with Gasteiger partial charge in [0.05, 0.1) is 18.2 Å². The molecule has 0 bridgehead atoms. The minimum Gasteiger partial charge on any atom is -0.463 e. The Hall–Kier alpha value is -2.38. The summed E-state index contributed by atoms with van der Waals surface area (Å²) in [5, 5.41) is 2.99. The number of aryl methyl sites for hydroxylation is 1. The number of urea groups is 1. The van der Waals surface area contributed by atoms with Gasteiger partial charge in [-0.25, -0.2) is 9.59 Å². The van der Waals surface area contributed by atoms with Crippen LogP contribution in [0.5, 0.6) is 0 Å². The fraction of sp³-hybridized carbons (Fsp3) is 0.524. The molecule has 2 amide bonds. The van der Waals surface area contributed by atoms with Crippen molar-refractivity contribution in [3.63, 3.8) is 0 Å². The second kappa shape index (κ2) is 8.75. The topological polar surface area (TPSA) is 65.1 Å². The third-order valence-corrected chi connectivity index (χ3v) is 5.54. The fourth-order valence-electron chi connectivity index (χ4n) is 3.76. The van der Waals surface area contributed by atoms with Crippen molar-refractivity contribution in [2.24, 2.45) is 0 Å². The van der Waals surface area contributed by atoms with E-state index in [1.807, 2.05) is 31.2 Å². The van der Waals surface area contributed by atoms with Crippen molar-refractivity contribution < 1.29 is 14.3 Å². The molecule has 1 aromatic carbocycles. The van der Waals surface area contributed by atoms with Crippen LogP contribution in [0.4, 0.5) is 4.79 Å². The van der Waals surface area contributed by atoms with Gasteiger partial charge in [-0.05, 0) is 32.0 Å². The zero-order chi connectivity index (χ0) is 20.3. The van der Waals surface area contributed by atoms with Crippen LogP contribution in [0, 0.1) is 6.92 Å². The van der Waals surface area contributed by atoms with Gasteiger partial charge in [0.1, 0.15) is 0 Å². The maximum Gasteiger partial charge on any atom is 0.338 e. The molecular formula is C21H30N4O3. The van der Waals surface area contributed by atoms with E-state index in [1.54, 1.807) is 18.9 Å². The summed E-state index contributed by atoms with van der Waals surface area (Å²) in [5.74, 6) is -0.369. The predicted molar refractivity (Wildman–Crippen MR) is 108 cm³/mol. The molecule has 7 heteroatoms. The first kappa shape index (κ1) is 20.4. The van der Waals surface area contributed by atoms with Crippen molar-refractivity contribution >= 4 is 12.0 Å². The molecule has 1 fully saturated rings. The highest BCUT2D eigenvalue weighted by Crippen LogP contribution is 2.33. The highest BCUT2D eigenvalue weighted by atomic mass is 16.5. The summed E-state index contributed by atoms with van der Waals surface area (Å²) in [5.41, 5.74) is 3.19. The first-order valence-corrected chi connectivity index (χ1v) is 9.83. The van der Waals surface area contributed by atoms with E-state index in [4.69, 9.17) is 4.74 Å². The Labute approximate surface area is 166 Å². The number of carbonyl (C=O) groups is 2. The van der Waals surface area contributed by atoms with Gasteiger partial charge in [0.25, 0.3) is 0 Å². The first-order chi connectivity index (χ1) is 13.4. The third kappa shape index (κ3) is 4.20. The summed E-state index contributed by atoms with van der Waals surface area (Å²) >= 11 is 0. The minimum absolute atomic E-state index is 0.203. The molecule has 2 heterocycles. The fourth-order valence-corrected chi connectivity index (χ4v) is 3.76. The molecule has 0 aliphatic carbocycles. The monoisotopic (exact) mass is 386 g/mol. The second-order valence-corrected chi connectivity index (χ2v) is 7.46. The molecule has 1 atom stereocenters. The van der Waals surface area contributed by atoms with Gasteiger partial charge in [-0.3, -0.25) is 9.80 Å². The van der Waals surface area contributed by atoms with Gasteiger partial charge in [-0.15, -0.1) is 0 Å². The molecule has 152 valence electrons. The Morgan fingerprint density at radius 1 is 1.18 bits per heavy atom. The maximum atomic E-state index is 13.0. The summed E-state index contributed by atoms with van der Waals surface area (Å²) < 4.78 is 5.39. The average Bonchev–Trinajstić information content (AvgIpc) is 2.67. The van der Waals surface area contributed by atoms with Crippen LogP contribution in [-0.2, 0) is 9.53 Å². The molecule has 2 aliphatic heterocycles. The first-order valence-electron chi connectivity index (χ1n) is 9.83. The molecule has 0 unspecified atom stereocenters. The number of piperazine rings is 1. The standard InChI is InChI=1S/C21H30N4O3/c1-5-28-20(26)18-17(14-25-12-10-23(3)11-13-25)24(4)21(27)22-19(18)16-9-7-6-8-15(16)2/h6-9,19H,5,10-14H2,1-4H3,(H,22,27)/t19-/m1/s1. The van der Waals surface area contributed by atoms with E-state index in [1.165, 1.54) is 0 Å². The number of hydrogen-bond donors (Lipinski definition) is 1. The molecule has 2 aliphatic rings. The maximum absolute atomic E-state index is 13.0. The molecule has 0 saturated carbocycles. The quantitative estimate of drug-likeness (QED) is 0.781. The van der Waals surface area contributed by atoms with E-state index in [9.17, 15) is 9.59 Å². The molecule has 7 nitrogen and oxygen atoms in total. The number of benzene rings is 1. The van der Waals surface area contributed by atoms with Gasteiger partial charge in [0.15, 0.2) is 0 Å². The number of nitrogens with zero attached hydrogens (tertiary/aromatic N) is 3. The molecule has 28 heavy (non-hydrogen) atoms. The lowest BCUT2D eigenvalue weighted by Crippen LogP contribution is -2.51. The van der Waals surface area contributed by atoms with Gasteiger partial charge < -0.3 is 15.0 Å². The van der Waals surface area contributed by atoms with E-state index in [-0.39, 0.29) is 12.0 Å². The molecule has 1 saturated heterocycles. The molecule has 3 rings (SSSR count). The zero-order valence-electron chi connectivity index (χ0n) is 17.2. The largest absolute Gasteiger partial charge is 0.463 e. The van der Waals surface area contributed by atoms with Crippen molar-refractivity contribution in [3.8, 4) is 0 Å². The van der Waals surface area contributed by atoms with Gasteiger partial charge >= 0.3 is 12.0 Å². The highest BCUT2D eigenvalue weighted by molar-refractivity contribution is 5.95. The van der Waals surface area contributed by atoms with Crippen LogP contribution in [0.2, 0.25) is 0 Å². The third-order valence-electron chi connectivity index (χ3n) is 5.54. The van der Waals surface area contributed by atoms with Crippen LogP contribution in [-0.4, -0.2) is 80.1 Å². The normalized spacial score (nSPS) is 21.6. The van der Waals surface area contributed by atoms with Crippen LogP contribution in [0.1, 0.15) is 24.1 Å². The second-order valence-electron chi connectivity index (χ2n) is 7.46. The highest BCUT2D eigenvalue weighted by Gasteiger charge is 2.37. The lowest BCUT2D eigenvalue weighted by Gasteiger charge is -2.39. The number of hydrogen-bond acceptors (Lipinski definition) is 5. The number of carbonyl (C=O) groups excluding carboxylic acids is 2. The Bertz CT molecular complexity index is 769. The Kier molecular flexibility index (Phi) is 6.36. The Balaban J connectivity index is 2.03. The van der Waals surface area contributed by atoms with Gasteiger partial charge in [-0.1, -0.05) is 24.3 Å². The summed E-state index contributed by atoms with van der Waals surface area (Å²) in [6, 6.07) is 7.11. The van der Waals surface area contributed by atoms with Crippen LogP contribution < -0.4 is 5.32 Å². The molecule has 1 aromatic rings. The van der Waals surface area contributed by atoms with E-state index >= 15 is 0 Å². The van der Waals surface area contributed by atoms with Crippen LogP contribution in [0.25, 0.3) is 0 Å². The summed E-state index contributed by atoms with van der Waals surface area (Å²) in [4.78, 5) is 31.8. The van der Waals surface area contributed by atoms with Gasteiger partial charge in [-0.2, -0.15) is 0 Å². The van der Waals surface area contributed by atoms with Crippen LogP contribution >= 0.6 is 0 Å². The summed E-state index contributed by atoms with van der Waals surface area (Å²) in [6.45, 7) is 8.38. The number of esters is 1. The number of rotatable bonds is 5. The minimum atomic E-state index is -0.508. The molecule has 0 aromatic heterocycles. The Morgan fingerprint density at radius 3 is 2.50 bits per heavy atom. The predicted octanol–water partition coefficient (Wildman–Crippen LogP) is 1.76. The van der Waals surface area contributed by atoms with Crippen molar-refractivity contribution in [2.45, 2.75) is 19.9 Å². The summed E-state index contributed by atoms with van der Waals surface area (Å²) in [7, 11) is 3.82. The van der Waals surface area contributed by atoms with Crippen LogP contribution in [0.3, 0.4) is 0 Å².